The van der Waals surface area contributed by atoms with Gasteiger partial charge in [0.2, 0.25) is 0 Å². The van der Waals surface area contributed by atoms with Gasteiger partial charge in [0.1, 0.15) is 0 Å². The van der Waals surface area contributed by atoms with Crippen LogP contribution in [0.3, 0.4) is 0 Å². The number of benzene rings is 3. The van der Waals surface area contributed by atoms with Gasteiger partial charge in [-0.15, -0.1) is 0 Å². The van der Waals surface area contributed by atoms with Gasteiger partial charge in [-0.2, -0.15) is 0 Å². The first kappa shape index (κ1) is 17.3. The summed E-state index contributed by atoms with van der Waals surface area (Å²) in [5.41, 5.74) is 4.33. The second-order valence-electron chi connectivity index (χ2n) is 8.08. The molecule has 0 radical (unpaired) electrons. The molecule has 26 heavy (non-hydrogen) atoms. The highest BCUT2D eigenvalue weighted by Gasteiger charge is 2.25. The van der Waals surface area contributed by atoms with Crippen LogP contribution >= 0.6 is 0 Å². The molecular weight excluding hydrogens is 314 g/mol. The Morgan fingerprint density at radius 3 is 2.69 bits per heavy atom. The maximum absolute atomic E-state index is 2.63. The molecule has 3 aromatic rings. The van der Waals surface area contributed by atoms with Crippen LogP contribution in [0.5, 0.6) is 0 Å². The van der Waals surface area contributed by atoms with Crippen LogP contribution in [-0.2, 0) is 6.54 Å². The van der Waals surface area contributed by atoms with E-state index in [-0.39, 0.29) is 0 Å². The van der Waals surface area contributed by atoms with Crippen molar-refractivity contribution in [2.45, 2.75) is 39.2 Å². The van der Waals surface area contributed by atoms with E-state index in [4.69, 9.17) is 0 Å². The van der Waals surface area contributed by atoms with Gasteiger partial charge < -0.3 is 0 Å². The lowest BCUT2D eigenvalue weighted by atomic mass is 9.87. The Kier molecular flexibility index (Phi) is 5.08. The molecular formula is C25H29N. The van der Waals surface area contributed by atoms with E-state index >= 15 is 0 Å². The van der Waals surface area contributed by atoms with Crippen LogP contribution in [0.2, 0.25) is 0 Å². The summed E-state index contributed by atoms with van der Waals surface area (Å²) in [6, 6.07) is 24.5. The summed E-state index contributed by atoms with van der Waals surface area (Å²) in [5.74, 6) is 1.43. The second-order valence-corrected chi connectivity index (χ2v) is 8.08. The van der Waals surface area contributed by atoms with E-state index in [1.165, 1.54) is 53.4 Å². The number of hydrogen-bond donors (Lipinski definition) is 0. The quantitative estimate of drug-likeness (QED) is 0.536. The standard InChI is InChI=1S/C25H29N/c1-19-7-5-8-21(15-19)17-26-14-13-22(18-26)16-20(2)24-12-6-10-23-9-3-4-11-25(23)24/h3-12,15,20,22H,13-14,16-18H2,1-2H3/t20-,22?/m0/s1. The third-order valence-electron chi connectivity index (χ3n) is 5.90. The molecule has 4 rings (SSSR count). The van der Waals surface area contributed by atoms with Crippen molar-refractivity contribution in [1.29, 1.82) is 0 Å². The summed E-state index contributed by atoms with van der Waals surface area (Å²) >= 11 is 0. The van der Waals surface area contributed by atoms with E-state index in [9.17, 15) is 0 Å². The molecule has 1 nitrogen and oxygen atoms in total. The largest absolute Gasteiger partial charge is 0.299 e. The zero-order valence-electron chi connectivity index (χ0n) is 16.0. The van der Waals surface area contributed by atoms with Gasteiger partial charge in [0, 0.05) is 13.1 Å². The molecule has 1 aliphatic rings. The van der Waals surface area contributed by atoms with Crippen LogP contribution in [-0.4, -0.2) is 18.0 Å². The summed E-state index contributed by atoms with van der Waals surface area (Å²) < 4.78 is 0. The number of fused-ring (bicyclic) bond motifs is 1. The average molecular weight is 344 g/mol. The molecule has 1 aliphatic heterocycles. The van der Waals surface area contributed by atoms with Crippen molar-refractivity contribution in [1.82, 2.24) is 4.90 Å². The number of aryl methyl sites for hydroxylation is 1. The molecule has 1 heterocycles. The Hall–Kier alpha value is -2.12. The molecule has 0 saturated carbocycles. The monoisotopic (exact) mass is 343 g/mol. The zero-order valence-corrected chi connectivity index (χ0v) is 16.0. The summed E-state index contributed by atoms with van der Waals surface area (Å²) in [6.45, 7) is 8.16. The average Bonchev–Trinajstić information content (AvgIpc) is 3.08. The maximum atomic E-state index is 2.63. The van der Waals surface area contributed by atoms with Crippen molar-refractivity contribution in [2.75, 3.05) is 13.1 Å². The molecule has 3 aromatic carbocycles. The fraction of sp³-hybridized carbons (Fsp3) is 0.360. The second kappa shape index (κ2) is 7.63. The van der Waals surface area contributed by atoms with Gasteiger partial charge in [-0.25, -0.2) is 0 Å². The van der Waals surface area contributed by atoms with Gasteiger partial charge in [-0.3, -0.25) is 4.90 Å². The zero-order chi connectivity index (χ0) is 17.9. The lowest BCUT2D eigenvalue weighted by molar-refractivity contribution is 0.310. The van der Waals surface area contributed by atoms with Gasteiger partial charge in [0.15, 0.2) is 0 Å². The molecule has 0 aliphatic carbocycles. The molecule has 0 aromatic heterocycles. The Balaban J connectivity index is 1.40. The van der Waals surface area contributed by atoms with Crippen LogP contribution in [0.1, 0.15) is 42.4 Å². The van der Waals surface area contributed by atoms with Gasteiger partial charge in [0.05, 0.1) is 0 Å². The molecule has 0 bridgehead atoms. The van der Waals surface area contributed by atoms with E-state index < -0.39 is 0 Å². The van der Waals surface area contributed by atoms with Crippen LogP contribution in [0, 0.1) is 12.8 Å². The van der Waals surface area contributed by atoms with Gasteiger partial charge in [0.25, 0.3) is 0 Å². The third kappa shape index (κ3) is 3.83. The van der Waals surface area contributed by atoms with Crippen molar-refractivity contribution in [3.05, 3.63) is 83.4 Å². The normalized spacial score (nSPS) is 19.1. The summed E-state index contributed by atoms with van der Waals surface area (Å²) in [5, 5.41) is 2.79. The highest BCUT2D eigenvalue weighted by molar-refractivity contribution is 5.86. The minimum absolute atomic E-state index is 0.616. The Bertz CT molecular complexity index is 877. The molecule has 1 saturated heterocycles. The molecule has 0 N–H and O–H groups in total. The Morgan fingerprint density at radius 1 is 1.00 bits per heavy atom. The van der Waals surface area contributed by atoms with Crippen LogP contribution in [0.25, 0.3) is 10.8 Å². The van der Waals surface area contributed by atoms with E-state index in [0.717, 1.165) is 12.5 Å². The summed E-state index contributed by atoms with van der Waals surface area (Å²) in [7, 11) is 0. The minimum atomic E-state index is 0.616. The topological polar surface area (TPSA) is 3.24 Å². The van der Waals surface area contributed by atoms with E-state index in [1.807, 2.05) is 0 Å². The molecule has 1 unspecified atom stereocenters. The smallest absolute Gasteiger partial charge is 0.0233 e. The third-order valence-corrected chi connectivity index (χ3v) is 5.90. The maximum Gasteiger partial charge on any atom is 0.0233 e. The lowest BCUT2D eigenvalue weighted by Crippen LogP contribution is -2.20. The van der Waals surface area contributed by atoms with Crippen molar-refractivity contribution >= 4 is 10.8 Å². The first-order chi connectivity index (χ1) is 12.7. The minimum Gasteiger partial charge on any atom is -0.299 e. The number of hydrogen-bond acceptors (Lipinski definition) is 1. The predicted molar refractivity (Wildman–Crippen MR) is 112 cm³/mol. The Labute approximate surface area is 157 Å². The predicted octanol–water partition coefficient (Wildman–Crippen LogP) is 6.16. The van der Waals surface area contributed by atoms with Crippen molar-refractivity contribution < 1.29 is 0 Å². The van der Waals surface area contributed by atoms with E-state index in [0.29, 0.717) is 5.92 Å². The van der Waals surface area contributed by atoms with Crippen LogP contribution < -0.4 is 0 Å². The molecule has 1 fully saturated rings. The van der Waals surface area contributed by atoms with Crippen molar-refractivity contribution in [3.8, 4) is 0 Å². The summed E-state index contributed by atoms with van der Waals surface area (Å²) in [4.78, 5) is 2.63. The van der Waals surface area contributed by atoms with Crippen LogP contribution in [0.15, 0.2) is 66.7 Å². The highest BCUT2D eigenvalue weighted by Crippen LogP contribution is 2.33. The summed E-state index contributed by atoms with van der Waals surface area (Å²) in [6.07, 6.45) is 2.62. The van der Waals surface area contributed by atoms with Gasteiger partial charge in [-0.05, 0) is 60.0 Å². The molecule has 0 amide bonds. The van der Waals surface area contributed by atoms with Crippen LogP contribution in [0.4, 0.5) is 0 Å². The first-order valence-corrected chi connectivity index (χ1v) is 9.94. The van der Waals surface area contributed by atoms with Crippen molar-refractivity contribution in [2.24, 2.45) is 5.92 Å². The molecule has 134 valence electrons. The highest BCUT2D eigenvalue weighted by atomic mass is 15.1. The number of likely N-dealkylation sites (tertiary alicyclic amines) is 1. The number of nitrogens with zero attached hydrogens (tertiary/aromatic N) is 1. The number of rotatable bonds is 5. The Morgan fingerprint density at radius 2 is 1.81 bits per heavy atom. The van der Waals surface area contributed by atoms with E-state index in [2.05, 4.69) is 85.5 Å². The molecule has 0 spiro atoms. The SMILES string of the molecule is Cc1cccc(CN2CCC(C[C@H](C)c3cccc4ccccc34)C2)c1. The van der Waals surface area contributed by atoms with Crippen molar-refractivity contribution in [3.63, 3.8) is 0 Å². The van der Waals surface area contributed by atoms with Gasteiger partial charge >= 0.3 is 0 Å². The van der Waals surface area contributed by atoms with Gasteiger partial charge in [-0.1, -0.05) is 79.2 Å². The fourth-order valence-electron chi connectivity index (χ4n) is 4.62. The van der Waals surface area contributed by atoms with E-state index in [1.54, 1.807) is 0 Å². The fourth-order valence-corrected chi connectivity index (χ4v) is 4.62. The first-order valence-electron chi connectivity index (χ1n) is 9.94. The lowest BCUT2D eigenvalue weighted by Gasteiger charge is -2.20. The molecule has 1 heteroatoms. The molecule has 2 atom stereocenters.